The number of carbonyl (C=O) groups excluding carboxylic acids is 4. The first kappa shape index (κ1) is 25.7. The van der Waals surface area contributed by atoms with Gasteiger partial charge in [-0.15, -0.1) is 11.6 Å². The van der Waals surface area contributed by atoms with E-state index >= 15 is 0 Å². The van der Waals surface area contributed by atoms with E-state index in [1.165, 1.54) is 30.3 Å². The van der Waals surface area contributed by atoms with Gasteiger partial charge in [0.25, 0.3) is 17.7 Å². The molecular weight excluding hydrogens is 534 g/mol. The molecule has 3 atom stereocenters. The third-order valence-corrected chi connectivity index (χ3v) is 7.20. The smallest absolute Gasteiger partial charge is 0.275 e. The number of imide groups is 1. The van der Waals surface area contributed by atoms with Crippen molar-refractivity contribution in [1.29, 1.82) is 0 Å². The van der Waals surface area contributed by atoms with Crippen molar-refractivity contribution in [2.75, 3.05) is 5.88 Å². The van der Waals surface area contributed by atoms with Crippen molar-refractivity contribution < 1.29 is 19.2 Å². The number of hydrogen-bond acceptors (Lipinski definition) is 4. The van der Waals surface area contributed by atoms with E-state index in [1.54, 1.807) is 12.1 Å². The van der Waals surface area contributed by atoms with Gasteiger partial charge in [0.05, 0.1) is 22.4 Å². The Balaban J connectivity index is 1.83. The normalized spacial score (nSPS) is 20.1. The van der Waals surface area contributed by atoms with E-state index in [9.17, 15) is 19.2 Å². The SMILES string of the molecule is O=C(c1ccc(Cl)cc1)[C@@H](CCCl)N(C(=O)c1ccc(Cl)cc1Cl)N1C(=O)[C@H]2CC=CC[C@H]2C1=O. The highest BCUT2D eigenvalue weighted by Gasteiger charge is 2.53. The van der Waals surface area contributed by atoms with Crippen LogP contribution in [0.25, 0.3) is 0 Å². The lowest BCUT2D eigenvalue weighted by Crippen LogP contribution is -2.57. The Morgan fingerprint density at radius 3 is 2.03 bits per heavy atom. The highest BCUT2D eigenvalue weighted by atomic mass is 35.5. The molecule has 35 heavy (non-hydrogen) atoms. The Bertz CT molecular complexity index is 1190. The molecule has 2 aromatic rings. The number of nitrogens with zero attached hydrogens (tertiary/aromatic N) is 2. The van der Waals surface area contributed by atoms with Crippen LogP contribution in [-0.4, -0.2) is 45.4 Å². The number of carbonyl (C=O) groups is 4. The number of amides is 3. The maximum atomic E-state index is 13.9. The predicted octanol–water partition coefficient (Wildman–Crippen LogP) is 5.84. The molecule has 6 nitrogen and oxygen atoms in total. The summed E-state index contributed by atoms with van der Waals surface area (Å²) in [7, 11) is 0. The van der Waals surface area contributed by atoms with Crippen LogP contribution >= 0.6 is 46.4 Å². The van der Waals surface area contributed by atoms with Crippen LogP contribution in [0.1, 0.15) is 40.0 Å². The fourth-order valence-electron chi connectivity index (χ4n) is 4.43. The third-order valence-electron chi connectivity index (χ3n) is 6.18. The Morgan fingerprint density at radius 1 is 0.914 bits per heavy atom. The first-order chi connectivity index (χ1) is 16.7. The second-order valence-electron chi connectivity index (χ2n) is 8.28. The minimum atomic E-state index is -1.24. The van der Waals surface area contributed by atoms with Crippen molar-refractivity contribution in [3.8, 4) is 0 Å². The largest absolute Gasteiger partial charge is 0.292 e. The minimum absolute atomic E-state index is 0.00635. The molecule has 182 valence electrons. The number of alkyl halides is 1. The van der Waals surface area contributed by atoms with Gasteiger partial charge in [-0.1, -0.05) is 47.0 Å². The van der Waals surface area contributed by atoms with E-state index in [2.05, 4.69) is 0 Å². The summed E-state index contributed by atoms with van der Waals surface area (Å²) in [5, 5.41) is 2.50. The summed E-state index contributed by atoms with van der Waals surface area (Å²) in [4.78, 5) is 54.4. The number of benzene rings is 2. The molecule has 1 aliphatic heterocycles. The van der Waals surface area contributed by atoms with Gasteiger partial charge in [0.15, 0.2) is 5.78 Å². The van der Waals surface area contributed by atoms with Gasteiger partial charge in [-0.05, 0) is 61.7 Å². The van der Waals surface area contributed by atoms with Crippen LogP contribution < -0.4 is 0 Å². The second kappa shape index (κ2) is 10.7. The van der Waals surface area contributed by atoms with Crippen LogP contribution in [0.2, 0.25) is 15.1 Å². The van der Waals surface area contributed by atoms with Crippen molar-refractivity contribution >= 4 is 69.9 Å². The maximum absolute atomic E-state index is 13.9. The van der Waals surface area contributed by atoms with Crippen LogP contribution in [0.3, 0.4) is 0 Å². The zero-order valence-electron chi connectivity index (χ0n) is 18.3. The average Bonchev–Trinajstić information content (AvgIpc) is 3.09. The predicted molar refractivity (Wildman–Crippen MR) is 135 cm³/mol. The summed E-state index contributed by atoms with van der Waals surface area (Å²) in [5.41, 5.74) is 0.246. The van der Waals surface area contributed by atoms with E-state index in [-0.39, 0.29) is 28.5 Å². The molecule has 1 saturated heterocycles. The first-order valence-electron chi connectivity index (χ1n) is 10.9. The summed E-state index contributed by atoms with van der Waals surface area (Å²) >= 11 is 24.3. The molecule has 2 aliphatic rings. The highest BCUT2D eigenvalue weighted by Crippen LogP contribution is 2.38. The van der Waals surface area contributed by atoms with Gasteiger partial charge < -0.3 is 0 Å². The van der Waals surface area contributed by atoms with Gasteiger partial charge in [0.2, 0.25) is 0 Å². The van der Waals surface area contributed by atoms with E-state index < -0.39 is 41.4 Å². The van der Waals surface area contributed by atoms with Crippen LogP contribution in [0.15, 0.2) is 54.6 Å². The van der Waals surface area contributed by atoms with Gasteiger partial charge in [-0.3, -0.25) is 19.2 Å². The van der Waals surface area contributed by atoms with E-state index in [4.69, 9.17) is 46.4 Å². The van der Waals surface area contributed by atoms with Crippen molar-refractivity contribution in [1.82, 2.24) is 10.0 Å². The van der Waals surface area contributed by atoms with Crippen LogP contribution in [-0.2, 0) is 9.59 Å². The number of halogens is 4. The van der Waals surface area contributed by atoms with Crippen molar-refractivity contribution in [3.63, 3.8) is 0 Å². The van der Waals surface area contributed by atoms with E-state index in [1.807, 2.05) is 12.2 Å². The number of Topliss-reactive ketones (excluding diaryl/α,β-unsaturated/α-hetero) is 1. The van der Waals surface area contributed by atoms with Gasteiger partial charge >= 0.3 is 0 Å². The number of rotatable bonds is 7. The van der Waals surface area contributed by atoms with E-state index in [0.29, 0.717) is 22.9 Å². The molecule has 0 spiro atoms. The monoisotopic (exact) mass is 552 g/mol. The number of hydrogen-bond donors (Lipinski definition) is 0. The van der Waals surface area contributed by atoms with Crippen molar-refractivity contribution in [2.24, 2.45) is 11.8 Å². The molecule has 1 heterocycles. The molecule has 0 radical (unpaired) electrons. The third kappa shape index (κ3) is 4.98. The first-order valence-corrected chi connectivity index (χ1v) is 12.6. The quantitative estimate of drug-likeness (QED) is 0.187. The Hall–Kier alpha value is -2.38. The zero-order chi connectivity index (χ0) is 25.3. The fourth-order valence-corrected chi connectivity index (χ4v) is 5.25. The second-order valence-corrected chi connectivity index (χ2v) is 9.94. The molecule has 1 fully saturated rings. The molecule has 0 aromatic heterocycles. The molecule has 0 unspecified atom stereocenters. The topological polar surface area (TPSA) is 74.8 Å². The fraction of sp³-hybridized carbons (Fsp3) is 0.280. The molecule has 3 amide bonds. The van der Waals surface area contributed by atoms with Gasteiger partial charge in [0, 0.05) is 21.5 Å². The summed E-state index contributed by atoms with van der Waals surface area (Å²) in [5.74, 6) is -3.56. The zero-order valence-corrected chi connectivity index (χ0v) is 21.3. The standard InChI is InChI=1S/C25H20Cl4N2O4/c26-12-11-21(22(32)14-5-7-15(27)8-6-14)30(25(35)19-10-9-16(28)13-20(19)29)31-23(33)17-3-1-2-4-18(17)24(31)34/h1-2,5-10,13,17-18,21H,3-4,11-12H2/t17-,18+,21-/m1/s1. The number of allylic oxidation sites excluding steroid dienone is 2. The molecule has 0 saturated carbocycles. The molecule has 10 heteroatoms. The maximum Gasteiger partial charge on any atom is 0.275 e. The molecule has 0 bridgehead atoms. The highest BCUT2D eigenvalue weighted by molar-refractivity contribution is 6.37. The van der Waals surface area contributed by atoms with Crippen LogP contribution in [0.5, 0.6) is 0 Å². The lowest BCUT2D eigenvalue weighted by molar-refractivity contribution is -0.156. The molecule has 0 N–H and O–H groups in total. The Morgan fingerprint density at radius 2 is 1.49 bits per heavy atom. The summed E-state index contributed by atoms with van der Waals surface area (Å²) in [6, 6.07) is 9.11. The summed E-state index contributed by atoms with van der Waals surface area (Å²) < 4.78 is 0. The Labute approximate surface area is 222 Å². The molecular formula is C25H20Cl4N2O4. The van der Waals surface area contributed by atoms with Crippen molar-refractivity contribution in [3.05, 3.63) is 80.8 Å². The molecule has 2 aromatic carbocycles. The van der Waals surface area contributed by atoms with Gasteiger partial charge in [-0.25, -0.2) is 5.01 Å². The van der Waals surface area contributed by atoms with Crippen LogP contribution in [0, 0.1) is 11.8 Å². The lowest BCUT2D eigenvalue weighted by Gasteiger charge is -2.36. The summed E-state index contributed by atoms with van der Waals surface area (Å²) in [6.45, 7) is 0. The summed E-state index contributed by atoms with van der Waals surface area (Å²) in [6.07, 6.45) is 4.42. The number of hydrazine groups is 1. The van der Waals surface area contributed by atoms with Crippen molar-refractivity contribution in [2.45, 2.75) is 25.3 Å². The Kier molecular flexibility index (Phi) is 7.86. The van der Waals surface area contributed by atoms with Gasteiger partial charge in [0.1, 0.15) is 6.04 Å². The number of fused-ring (bicyclic) bond motifs is 1. The molecule has 1 aliphatic carbocycles. The minimum Gasteiger partial charge on any atom is -0.292 e. The van der Waals surface area contributed by atoms with Crippen LogP contribution in [0.4, 0.5) is 0 Å². The van der Waals surface area contributed by atoms with Gasteiger partial charge in [-0.2, -0.15) is 5.01 Å². The van der Waals surface area contributed by atoms with E-state index in [0.717, 1.165) is 10.0 Å². The molecule has 4 rings (SSSR count). The average molecular weight is 554 g/mol. The lowest BCUT2D eigenvalue weighted by atomic mass is 9.85. The number of ketones is 1.